The zero-order chi connectivity index (χ0) is 26.1. The Kier molecular flexibility index (Phi) is 6.48. The minimum atomic E-state index is -0.852. The van der Waals surface area contributed by atoms with Crippen molar-refractivity contribution in [3.8, 4) is 17.2 Å². The first-order chi connectivity index (χ1) is 17.9. The Morgan fingerprint density at radius 2 is 1.73 bits per heavy atom. The summed E-state index contributed by atoms with van der Waals surface area (Å²) in [4.78, 5) is 30.3. The molecule has 8 heteroatoms. The van der Waals surface area contributed by atoms with E-state index in [0.717, 1.165) is 5.69 Å². The molecule has 0 saturated carbocycles. The number of ketones is 1. The number of anilines is 2. The van der Waals surface area contributed by atoms with Crippen molar-refractivity contribution in [3.05, 3.63) is 83.4 Å². The third-order valence-corrected chi connectivity index (χ3v) is 6.39. The maximum atomic E-state index is 13.5. The second-order valence-electron chi connectivity index (χ2n) is 8.94. The number of nitrogens with zero attached hydrogens (tertiary/aromatic N) is 2. The number of rotatable bonds is 6. The van der Waals surface area contributed by atoms with Gasteiger partial charge in [-0.15, -0.1) is 0 Å². The molecule has 1 amide bonds. The van der Waals surface area contributed by atoms with Gasteiger partial charge in [0.1, 0.15) is 24.7 Å². The molecule has 3 aromatic rings. The van der Waals surface area contributed by atoms with E-state index in [1.54, 1.807) is 42.5 Å². The Balaban J connectivity index is 1.67. The lowest BCUT2D eigenvalue weighted by atomic mass is 9.94. The molecule has 0 spiro atoms. The number of ether oxygens (including phenoxy) is 3. The Morgan fingerprint density at radius 1 is 1.00 bits per heavy atom. The number of hydrogen-bond acceptors (Lipinski definition) is 7. The van der Waals surface area contributed by atoms with Crippen LogP contribution in [0.3, 0.4) is 0 Å². The van der Waals surface area contributed by atoms with Crippen LogP contribution in [-0.2, 0) is 9.59 Å². The van der Waals surface area contributed by atoms with Crippen molar-refractivity contribution in [1.82, 2.24) is 0 Å². The number of hydrogen-bond donors (Lipinski definition) is 1. The van der Waals surface area contributed by atoms with Gasteiger partial charge in [0.25, 0.3) is 11.7 Å². The molecule has 0 radical (unpaired) electrons. The van der Waals surface area contributed by atoms with Gasteiger partial charge in [-0.3, -0.25) is 14.5 Å². The summed E-state index contributed by atoms with van der Waals surface area (Å²) in [5, 5.41) is 11.4. The van der Waals surface area contributed by atoms with Crippen LogP contribution in [0.25, 0.3) is 5.76 Å². The van der Waals surface area contributed by atoms with Gasteiger partial charge in [-0.1, -0.05) is 24.3 Å². The van der Waals surface area contributed by atoms with E-state index in [0.29, 0.717) is 53.9 Å². The quantitative estimate of drug-likeness (QED) is 0.302. The predicted octanol–water partition coefficient (Wildman–Crippen LogP) is 4.55. The third-order valence-electron chi connectivity index (χ3n) is 6.39. The lowest BCUT2D eigenvalue weighted by Crippen LogP contribution is -2.29. The van der Waals surface area contributed by atoms with Crippen molar-refractivity contribution in [2.75, 3.05) is 43.7 Å². The van der Waals surface area contributed by atoms with Gasteiger partial charge >= 0.3 is 0 Å². The first-order valence-corrected chi connectivity index (χ1v) is 12.1. The fourth-order valence-corrected chi connectivity index (χ4v) is 4.61. The standard InChI is InChI=1S/C29H28N2O6/c1-4-35-22-7-5-6-19(16-22)27(32)25-26(18-8-10-20(11-9-18)30(2)3)31(29(34)28(25)33)21-12-13-23-24(17-21)37-15-14-36-23/h5-13,16-17,26,32H,4,14-15H2,1-3H3/b27-25+. The van der Waals surface area contributed by atoms with E-state index in [-0.39, 0.29) is 11.3 Å². The molecule has 37 heavy (non-hydrogen) atoms. The van der Waals surface area contributed by atoms with Crippen molar-refractivity contribution in [1.29, 1.82) is 0 Å². The maximum Gasteiger partial charge on any atom is 0.300 e. The summed E-state index contributed by atoms with van der Waals surface area (Å²) >= 11 is 0. The van der Waals surface area contributed by atoms with E-state index in [2.05, 4.69) is 0 Å². The Labute approximate surface area is 215 Å². The fourth-order valence-electron chi connectivity index (χ4n) is 4.61. The lowest BCUT2D eigenvalue weighted by Gasteiger charge is -2.27. The van der Waals surface area contributed by atoms with E-state index in [1.165, 1.54) is 4.90 Å². The van der Waals surface area contributed by atoms with Crippen molar-refractivity contribution in [3.63, 3.8) is 0 Å². The van der Waals surface area contributed by atoms with Crippen molar-refractivity contribution >= 4 is 28.8 Å². The minimum absolute atomic E-state index is 0.00569. The van der Waals surface area contributed by atoms with E-state index in [4.69, 9.17) is 14.2 Å². The molecule has 5 rings (SSSR count). The third kappa shape index (κ3) is 4.46. The second-order valence-corrected chi connectivity index (χ2v) is 8.94. The monoisotopic (exact) mass is 500 g/mol. The summed E-state index contributed by atoms with van der Waals surface area (Å²) in [6, 6.07) is 18.7. The first-order valence-electron chi connectivity index (χ1n) is 12.1. The summed E-state index contributed by atoms with van der Waals surface area (Å²) in [5.41, 5.74) is 2.51. The average Bonchev–Trinajstić information content (AvgIpc) is 3.18. The molecule has 190 valence electrons. The number of amides is 1. The van der Waals surface area contributed by atoms with E-state index >= 15 is 0 Å². The normalized spacial score (nSPS) is 18.1. The van der Waals surface area contributed by atoms with Gasteiger partial charge in [0, 0.05) is 37.1 Å². The topological polar surface area (TPSA) is 88.5 Å². The van der Waals surface area contributed by atoms with Crippen molar-refractivity contribution in [2.45, 2.75) is 13.0 Å². The number of carbonyl (C=O) groups is 2. The molecule has 0 aliphatic carbocycles. The largest absolute Gasteiger partial charge is 0.507 e. The Morgan fingerprint density at radius 3 is 2.43 bits per heavy atom. The predicted molar refractivity (Wildman–Crippen MR) is 141 cm³/mol. The lowest BCUT2D eigenvalue weighted by molar-refractivity contribution is -0.132. The van der Waals surface area contributed by atoms with Crippen LogP contribution in [0.4, 0.5) is 11.4 Å². The van der Waals surface area contributed by atoms with Crippen molar-refractivity contribution < 1.29 is 28.9 Å². The van der Waals surface area contributed by atoms with Crippen LogP contribution < -0.4 is 24.0 Å². The summed E-state index contributed by atoms with van der Waals surface area (Å²) in [7, 11) is 3.86. The molecule has 0 bridgehead atoms. The zero-order valence-electron chi connectivity index (χ0n) is 20.9. The molecule has 2 heterocycles. The van der Waals surface area contributed by atoms with Crippen LogP contribution >= 0.6 is 0 Å². The van der Waals surface area contributed by atoms with Crippen LogP contribution in [0, 0.1) is 0 Å². The molecule has 1 atom stereocenters. The minimum Gasteiger partial charge on any atom is -0.507 e. The number of fused-ring (bicyclic) bond motifs is 1. The summed E-state index contributed by atoms with van der Waals surface area (Å²) in [5.74, 6) is -0.138. The molecule has 2 aliphatic heterocycles. The molecule has 1 N–H and O–H groups in total. The van der Waals surface area contributed by atoms with Gasteiger partial charge in [0.15, 0.2) is 11.5 Å². The van der Waals surface area contributed by atoms with Crippen LogP contribution in [0.15, 0.2) is 72.3 Å². The molecule has 2 aliphatic rings. The number of carbonyl (C=O) groups excluding carboxylic acids is 2. The fraction of sp³-hybridized carbons (Fsp3) is 0.241. The van der Waals surface area contributed by atoms with Gasteiger partial charge in [0.2, 0.25) is 0 Å². The highest BCUT2D eigenvalue weighted by Gasteiger charge is 2.47. The number of aliphatic hydroxyl groups excluding tert-OH is 1. The highest BCUT2D eigenvalue weighted by atomic mass is 16.6. The molecule has 8 nitrogen and oxygen atoms in total. The summed E-state index contributed by atoms with van der Waals surface area (Å²) in [6.45, 7) is 3.15. The van der Waals surface area contributed by atoms with Crippen LogP contribution in [-0.4, -0.2) is 50.7 Å². The van der Waals surface area contributed by atoms with Crippen molar-refractivity contribution in [2.24, 2.45) is 0 Å². The molecule has 1 fully saturated rings. The van der Waals surface area contributed by atoms with Gasteiger partial charge in [-0.05, 0) is 48.9 Å². The summed E-state index contributed by atoms with van der Waals surface area (Å²) in [6.07, 6.45) is 0. The van der Waals surface area contributed by atoms with Crippen LogP contribution in [0.2, 0.25) is 0 Å². The second kappa shape index (κ2) is 9.89. The number of Topliss-reactive ketones (excluding diaryl/α,β-unsaturated/α-hetero) is 1. The molecular weight excluding hydrogens is 472 g/mol. The van der Waals surface area contributed by atoms with Gasteiger partial charge in [0.05, 0.1) is 18.2 Å². The van der Waals surface area contributed by atoms with E-state index < -0.39 is 17.7 Å². The summed E-state index contributed by atoms with van der Waals surface area (Å²) < 4.78 is 16.9. The molecule has 3 aromatic carbocycles. The number of aliphatic hydroxyl groups is 1. The van der Waals surface area contributed by atoms with Gasteiger partial charge in [-0.2, -0.15) is 0 Å². The molecule has 1 unspecified atom stereocenters. The van der Waals surface area contributed by atoms with Crippen LogP contribution in [0.5, 0.6) is 17.2 Å². The average molecular weight is 501 g/mol. The SMILES string of the molecule is CCOc1cccc(/C(O)=C2\C(=O)C(=O)N(c3ccc4c(c3)OCCO4)C2c2ccc(N(C)C)cc2)c1. The van der Waals surface area contributed by atoms with Gasteiger partial charge < -0.3 is 24.2 Å². The van der Waals surface area contributed by atoms with E-state index in [1.807, 2.05) is 50.2 Å². The molecular formula is C29H28N2O6. The smallest absolute Gasteiger partial charge is 0.300 e. The molecule has 1 saturated heterocycles. The van der Waals surface area contributed by atoms with Crippen LogP contribution in [0.1, 0.15) is 24.1 Å². The maximum absolute atomic E-state index is 13.5. The highest BCUT2D eigenvalue weighted by molar-refractivity contribution is 6.51. The first kappa shape index (κ1) is 24.2. The zero-order valence-corrected chi connectivity index (χ0v) is 20.9. The number of benzene rings is 3. The Bertz CT molecular complexity index is 1380. The van der Waals surface area contributed by atoms with E-state index in [9.17, 15) is 14.7 Å². The van der Waals surface area contributed by atoms with Gasteiger partial charge in [-0.25, -0.2) is 0 Å². The Hall–Kier alpha value is -4.46. The highest BCUT2D eigenvalue weighted by Crippen LogP contribution is 2.45. The molecule has 0 aromatic heterocycles.